The molecule has 0 saturated heterocycles. The van der Waals surface area contributed by atoms with E-state index in [9.17, 15) is 4.39 Å². The predicted octanol–water partition coefficient (Wildman–Crippen LogP) is 6.23. The van der Waals surface area contributed by atoms with E-state index < -0.39 is 0 Å². The van der Waals surface area contributed by atoms with Crippen molar-refractivity contribution in [3.05, 3.63) is 68.4 Å². The molecule has 0 aromatic heterocycles. The third kappa shape index (κ3) is 3.13. The number of aryl methyl sites for hydroxylation is 2. The highest BCUT2D eigenvalue weighted by Gasteiger charge is 2.18. The van der Waals surface area contributed by atoms with Gasteiger partial charge in [0.15, 0.2) is 0 Å². The number of hydrogen-bond acceptors (Lipinski definition) is 0. The molecule has 1 unspecified atom stereocenters. The minimum Gasteiger partial charge on any atom is -0.207 e. The Morgan fingerprint density at radius 1 is 1.00 bits per heavy atom. The summed E-state index contributed by atoms with van der Waals surface area (Å²) < 4.78 is 13.4. The van der Waals surface area contributed by atoms with Crippen molar-refractivity contribution >= 4 is 39.1 Å². The molecular weight excluding hydrogens is 350 g/mol. The Morgan fingerprint density at radius 3 is 2.26 bits per heavy atom. The van der Waals surface area contributed by atoms with E-state index in [1.54, 1.807) is 13.0 Å². The van der Waals surface area contributed by atoms with Crippen molar-refractivity contribution in [2.24, 2.45) is 0 Å². The molecule has 0 bridgehead atoms. The number of alkyl halides is 1. The number of halogens is 4. The molecule has 0 spiro atoms. The van der Waals surface area contributed by atoms with Crippen LogP contribution in [-0.2, 0) is 0 Å². The Morgan fingerprint density at radius 2 is 1.63 bits per heavy atom. The third-order valence-electron chi connectivity index (χ3n) is 2.98. The summed E-state index contributed by atoms with van der Waals surface area (Å²) >= 11 is 16.0. The average Bonchev–Trinajstić information content (AvgIpc) is 2.33. The van der Waals surface area contributed by atoms with Crippen molar-refractivity contribution in [1.29, 1.82) is 0 Å². The standard InChI is InChI=1S/C15H12BrCl2F/c1-8-3-4-10(12(17)5-8)15(16)11-6-9(2)14(19)7-13(11)18/h3-7,15H,1-2H3. The lowest BCUT2D eigenvalue weighted by Crippen LogP contribution is -1.97. The van der Waals surface area contributed by atoms with Gasteiger partial charge in [0, 0.05) is 10.0 Å². The van der Waals surface area contributed by atoms with Gasteiger partial charge < -0.3 is 0 Å². The second-order valence-electron chi connectivity index (χ2n) is 4.51. The second-order valence-corrected chi connectivity index (χ2v) is 6.24. The van der Waals surface area contributed by atoms with Crippen molar-refractivity contribution in [3.8, 4) is 0 Å². The smallest absolute Gasteiger partial charge is 0.127 e. The van der Waals surface area contributed by atoms with Gasteiger partial charge in [-0.3, -0.25) is 0 Å². The van der Waals surface area contributed by atoms with Gasteiger partial charge in [-0.15, -0.1) is 0 Å². The SMILES string of the molecule is Cc1ccc(C(Br)c2cc(C)c(F)cc2Cl)c(Cl)c1. The quantitative estimate of drug-likeness (QED) is 0.556. The van der Waals surface area contributed by atoms with Crippen molar-refractivity contribution < 1.29 is 4.39 Å². The molecule has 4 heteroatoms. The molecule has 2 aromatic carbocycles. The molecule has 0 nitrogen and oxygen atoms in total. The largest absolute Gasteiger partial charge is 0.207 e. The summed E-state index contributed by atoms with van der Waals surface area (Å²) in [5.74, 6) is -0.302. The normalized spacial score (nSPS) is 12.5. The Hall–Kier alpha value is -0.570. The van der Waals surface area contributed by atoms with Crippen LogP contribution in [0.15, 0.2) is 30.3 Å². The highest BCUT2D eigenvalue weighted by Crippen LogP contribution is 2.39. The Labute approximate surface area is 130 Å². The second kappa shape index (κ2) is 5.82. The van der Waals surface area contributed by atoms with E-state index in [-0.39, 0.29) is 10.6 Å². The first-order chi connectivity index (χ1) is 8.90. The van der Waals surface area contributed by atoms with Gasteiger partial charge >= 0.3 is 0 Å². The molecule has 2 rings (SSSR count). The van der Waals surface area contributed by atoms with E-state index in [4.69, 9.17) is 23.2 Å². The first-order valence-corrected chi connectivity index (χ1v) is 7.43. The third-order valence-corrected chi connectivity index (χ3v) is 4.62. The summed E-state index contributed by atoms with van der Waals surface area (Å²) in [7, 11) is 0. The number of rotatable bonds is 2. The van der Waals surface area contributed by atoms with Crippen LogP contribution < -0.4 is 0 Å². The van der Waals surface area contributed by atoms with Gasteiger partial charge in [0.2, 0.25) is 0 Å². The Kier molecular flexibility index (Phi) is 4.54. The first-order valence-electron chi connectivity index (χ1n) is 5.76. The minimum atomic E-state index is -0.302. The molecule has 1 atom stereocenters. The van der Waals surface area contributed by atoms with Crippen LogP contribution in [0.2, 0.25) is 10.0 Å². The van der Waals surface area contributed by atoms with Gasteiger partial charge in [-0.2, -0.15) is 0 Å². The van der Waals surface area contributed by atoms with Crippen LogP contribution in [0.5, 0.6) is 0 Å². The van der Waals surface area contributed by atoms with E-state index in [1.165, 1.54) is 6.07 Å². The molecule has 0 aliphatic carbocycles. The van der Waals surface area contributed by atoms with Crippen LogP contribution in [-0.4, -0.2) is 0 Å². The summed E-state index contributed by atoms with van der Waals surface area (Å²) in [5.41, 5.74) is 3.38. The summed E-state index contributed by atoms with van der Waals surface area (Å²) in [6.45, 7) is 3.69. The number of hydrogen-bond donors (Lipinski definition) is 0. The molecule has 0 fully saturated rings. The Bertz CT molecular complexity index is 626. The Balaban J connectivity index is 2.49. The van der Waals surface area contributed by atoms with Crippen LogP contribution >= 0.6 is 39.1 Å². The summed E-state index contributed by atoms with van der Waals surface area (Å²) in [6.07, 6.45) is 0. The molecule has 0 N–H and O–H groups in total. The van der Waals surface area contributed by atoms with Crippen molar-refractivity contribution in [3.63, 3.8) is 0 Å². The monoisotopic (exact) mass is 360 g/mol. The van der Waals surface area contributed by atoms with Crippen LogP contribution in [0.25, 0.3) is 0 Å². The van der Waals surface area contributed by atoms with E-state index in [0.29, 0.717) is 15.6 Å². The molecule has 100 valence electrons. The predicted molar refractivity (Wildman–Crippen MR) is 83.1 cm³/mol. The average molecular weight is 362 g/mol. The molecule has 0 saturated carbocycles. The summed E-state index contributed by atoms with van der Waals surface area (Å²) in [4.78, 5) is -0.160. The lowest BCUT2D eigenvalue weighted by Gasteiger charge is -2.15. The van der Waals surface area contributed by atoms with Crippen molar-refractivity contribution in [1.82, 2.24) is 0 Å². The molecule has 0 aliphatic rings. The zero-order valence-corrected chi connectivity index (χ0v) is 13.6. The molecule has 0 radical (unpaired) electrons. The van der Waals surface area contributed by atoms with Gasteiger partial charge in [-0.1, -0.05) is 57.3 Å². The molecular formula is C15H12BrCl2F. The fourth-order valence-electron chi connectivity index (χ4n) is 1.88. The minimum absolute atomic E-state index is 0.160. The zero-order chi connectivity index (χ0) is 14.2. The maximum atomic E-state index is 13.4. The van der Waals surface area contributed by atoms with E-state index >= 15 is 0 Å². The zero-order valence-electron chi connectivity index (χ0n) is 10.5. The fourth-order valence-corrected chi connectivity index (χ4v) is 3.52. The van der Waals surface area contributed by atoms with Crippen LogP contribution in [0.1, 0.15) is 27.1 Å². The molecule has 0 heterocycles. The van der Waals surface area contributed by atoms with Crippen LogP contribution in [0.4, 0.5) is 4.39 Å². The lowest BCUT2D eigenvalue weighted by atomic mass is 10.0. The van der Waals surface area contributed by atoms with Gasteiger partial charge in [0.05, 0.1) is 4.83 Å². The lowest BCUT2D eigenvalue weighted by molar-refractivity contribution is 0.618. The van der Waals surface area contributed by atoms with Gasteiger partial charge in [0.1, 0.15) is 5.82 Å². The molecule has 0 aliphatic heterocycles. The van der Waals surface area contributed by atoms with Gasteiger partial charge in [-0.05, 0) is 48.2 Å². The van der Waals surface area contributed by atoms with E-state index in [0.717, 1.165) is 16.7 Å². The van der Waals surface area contributed by atoms with Gasteiger partial charge in [0.25, 0.3) is 0 Å². The van der Waals surface area contributed by atoms with Crippen LogP contribution in [0.3, 0.4) is 0 Å². The summed E-state index contributed by atoms with van der Waals surface area (Å²) in [5, 5.41) is 1.06. The highest BCUT2D eigenvalue weighted by atomic mass is 79.9. The van der Waals surface area contributed by atoms with E-state index in [2.05, 4.69) is 15.9 Å². The first kappa shape index (κ1) is 14.8. The fraction of sp³-hybridized carbons (Fsp3) is 0.200. The maximum Gasteiger partial charge on any atom is 0.127 e. The van der Waals surface area contributed by atoms with Crippen molar-refractivity contribution in [2.75, 3.05) is 0 Å². The van der Waals surface area contributed by atoms with Crippen molar-refractivity contribution in [2.45, 2.75) is 18.7 Å². The van der Waals surface area contributed by atoms with Gasteiger partial charge in [-0.25, -0.2) is 4.39 Å². The highest BCUT2D eigenvalue weighted by molar-refractivity contribution is 9.09. The summed E-state index contributed by atoms with van der Waals surface area (Å²) in [6, 6.07) is 8.91. The molecule has 19 heavy (non-hydrogen) atoms. The van der Waals surface area contributed by atoms with Crippen LogP contribution in [0, 0.1) is 19.7 Å². The topological polar surface area (TPSA) is 0 Å². The molecule has 2 aromatic rings. The number of benzene rings is 2. The van der Waals surface area contributed by atoms with E-state index in [1.807, 2.05) is 25.1 Å². The maximum absolute atomic E-state index is 13.4. The molecule has 0 amide bonds.